The van der Waals surface area contributed by atoms with Gasteiger partial charge in [-0.15, -0.1) is 0 Å². The van der Waals surface area contributed by atoms with E-state index in [0.29, 0.717) is 22.2 Å². The van der Waals surface area contributed by atoms with Crippen LogP contribution in [0.5, 0.6) is 17.4 Å². The SMILES string of the molecule is COc1ccccc1Oc1ncnc(Nc2ccccc2Cl)c1[N+](=O)[O-]. The van der Waals surface area contributed by atoms with E-state index in [4.69, 9.17) is 21.1 Å². The van der Waals surface area contributed by atoms with Crippen molar-refractivity contribution in [1.29, 1.82) is 0 Å². The van der Waals surface area contributed by atoms with Gasteiger partial charge >= 0.3 is 11.6 Å². The molecule has 0 bridgehead atoms. The lowest BCUT2D eigenvalue weighted by atomic mass is 10.3. The molecular formula is C17H13ClN4O4. The third-order valence-corrected chi connectivity index (χ3v) is 3.70. The Hall–Kier alpha value is -3.39. The van der Waals surface area contributed by atoms with E-state index in [2.05, 4.69) is 15.3 Å². The van der Waals surface area contributed by atoms with Crippen LogP contribution in [-0.2, 0) is 0 Å². The molecule has 0 saturated carbocycles. The van der Waals surface area contributed by atoms with E-state index in [9.17, 15) is 10.1 Å². The summed E-state index contributed by atoms with van der Waals surface area (Å²) in [6.45, 7) is 0. The van der Waals surface area contributed by atoms with Crippen molar-refractivity contribution in [3.63, 3.8) is 0 Å². The molecule has 3 aromatic rings. The molecule has 9 heteroatoms. The van der Waals surface area contributed by atoms with E-state index < -0.39 is 10.6 Å². The van der Waals surface area contributed by atoms with Gasteiger partial charge in [0.25, 0.3) is 0 Å². The van der Waals surface area contributed by atoms with Crippen LogP contribution < -0.4 is 14.8 Å². The number of nitrogens with zero attached hydrogens (tertiary/aromatic N) is 3. The van der Waals surface area contributed by atoms with Crippen LogP contribution in [0.25, 0.3) is 0 Å². The summed E-state index contributed by atoms with van der Waals surface area (Å²) in [6, 6.07) is 13.6. The fourth-order valence-corrected chi connectivity index (χ4v) is 2.37. The highest BCUT2D eigenvalue weighted by atomic mass is 35.5. The summed E-state index contributed by atoms with van der Waals surface area (Å²) in [4.78, 5) is 18.8. The molecule has 0 aliphatic rings. The first-order chi connectivity index (χ1) is 12.6. The normalized spacial score (nSPS) is 10.2. The van der Waals surface area contributed by atoms with Gasteiger partial charge in [0.05, 0.1) is 22.7 Å². The maximum Gasteiger partial charge on any atom is 0.373 e. The standard InChI is InChI=1S/C17H13ClN4O4/c1-25-13-8-4-5-9-14(13)26-17-15(22(23)24)16(19-10-20-17)21-12-7-3-2-6-11(12)18/h2-10H,1H3,(H,19,20,21). The molecule has 0 radical (unpaired) electrons. The first-order valence-corrected chi connectivity index (χ1v) is 7.79. The van der Waals surface area contributed by atoms with Crippen molar-refractivity contribution in [3.8, 4) is 17.4 Å². The quantitative estimate of drug-likeness (QED) is 0.499. The molecule has 0 fully saturated rings. The summed E-state index contributed by atoms with van der Waals surface area (Å²) < 4.78 is 10.8. The van der Waals surface area contributed by atoms with Crippen molar-refractivity contribution < 1.29 is 14.4 Å². The lowest BCUT2D eigenvalue weighted by Crippen LogP contribution is -2.04. The second-order valence-corrected chi connectivity index (χ2v) is 5.40. The van der Waals surface area contributed by atoms with Gasteiger partial charge in [0.1, 0.15) is 6.33 Å². The highest BCUT2D eigenvalue weighted by Gasteiger charge is 2.26. The highest BCUT2D eigenvalue weighted by molar-refractivity contribution is 6.33. The monoisotopic (exact) mass is 372 g/mol. The zero-order chi connectivity index (χ0) is 18.5. The number of hydrogen-bond donors (Lipinski definition) is 1. The van der Waals surface area contributed by atoms with Gasteiger partial charge in [-0.05, 0) is 24.3 Å². The maximum atomic E-state index is 11.6. The van der Waals surface area contributed by atoms with Crippen molar-refractivity contribution >= 4 is 28.8 Å². The molecule has 1 N–H and O–H groups in total. The van der Waals surface area contributed by atoms with Gasteiger partial charge in [0.15, 0.2) is 11.5 Å². The Morgan fingerprint density at radius 2 is 1.77 bits per heavy atom. The predicted molar refractivity (Wildman–Crippen MR) is 96.5 cm³/mol. The Morgan fingerprint density at radius 3 is 2.46 bits per heavy atom. The van der Waals surface area contributed by atoms with Crippen molar-refractivity contribution in [2.24, 2.45) is 0 Å². The van der Waals surface area contributed by atoms with Crippen LogP contribution >= 0.6 is 11.6 Å². The Balaban J connectivity index is 2.01. The summed E-state index contributed by atoms with van der Waals surface area (Å²) in [5.41, 5.74) is 0.0533. The van der Waals surface area contributed by atoms with E-state index in [0.717, 1.165) is 6.33 Å². The molecule has 1 heterocycles. The molecule has 26 heavy (non-hydrogen) atoms. The molecule has 0 atom stereocenters. The zero-order valence-electron chi connectivity index (χ0n) is 13.5. The zero-order valence-corrected chi connectivity index (χ0v) is 14.3. The van der Waals surface area contributed by atoms with Crippen LogP contribution in [0.1, 0.15) is 0 Å². The van der Waals surface area contributed by atoms with Crippen molar-refractivity contribution in [1.82, 2.24) is 9.97 Å². The molecule has 3 rings (SSSR count). The van der Waals surface area contributed by atoms with E-state index in [-0.39, 0.29) is 11.7 Å². The van der Waals surface area contributed by atoms with Gasteiger partial charge in [-0.2, -0.15) is 4.98 Å². The molecule has 0 amide bonds. The van der Waals surface area contributed by atoms with Crippen molar-refractivity contribution in [2.75, 3.05) is 12.4 Å². The van der Waals surface area contributed by atoms with Crippen LogP contribution in [0.3, 0.4) is 0 Å². The number of nitro groups is 1. The van der Waals surface area contributed by atoms with Crippen molar-refractivity contribution in [3.05, 3.63) is 70.0 Å². The Kier molecular flexibility index (Phi) is 5.14. The van der Waals surface area contributed by atoms with E-state index in [1.54, 1.807) is 48.5 Å². The second-order valence-electron chi connectivity index (χ2n) is 4.99. The largest absolute Gasteiger partial charge is 0.493 e. The van der Waals surface area contributed by atoms with Crippen LogP contribution in [0.4, 0.5) is 17.2 Å². The van der Waals surface area contributed by atoms with Crippen LogP contribution in [-0.4, -0.2) is 22.0 Å². The number of anilines is 2. The van der Waals surface area contributed by atoms with Gasteiger partial charge in [-0.25, -0.2) is 4.98 Å². The molecular weight excluding hydrogens is 360 g/mol. The number of benzene rings is 2. The number of aromatic nitrogens is 2. The fraction of sp³-hybridized carbons (Fsp3) is 0.0588. The summed E-state index contributed by atoms with van der Waals surface area (Å²) in [5.74, 6) is 0.452. The number of methoxy groups -OCH3 is 1. The Morgan fingerprint density at radius 1 is 1.08 bits per heavy atom. The third-order valence-electron chi connectivity index (χ3n) is 3.37. The molecule has 8 nitrogen and oxygen atoms in total. The number of para-hydroxylation sites is 3. The van der Waals surface area contributed by atoms with Crippen LogP contribution in [0, 0.1) is 10.1 Å². The van der Waals surface area contributed by atoms with Gasteiger partial charge in [0, 0.05) is 0 Å². The minimum Gasteiger partial charge on any atom is -0.493 e. The Labute approximate surface area is 153 Å². The summed E-state index contributed by atoms with van der Waals surface area (Å²) in [7, 11) is 1.47. The molecule has 0 unspecified atom stereocenters. The highest BCUT2D eigenvalue weighted by Crippen LogP contribution is 2.38. The lowest BCUT2D eigenvalue weighted by Gasteiger charge is -2.11. The number of hydrogen-bond acceptors (Lipinski definition) is 7. The van der Waals surface area contributed by atoms with E-state index in [1.165, 1.54) is 7.11 Å². The third kappa shape index (κ3) is 3.65. The van der Waals surface area contributed by atoms with Crippen molar-refractivity contribution in [2.45, 2.75) is 0 Å². The predicted octanol–water partition coefficient (Wildman–Crippen LogP) is 4.58. The molecule has 1 aromatic heterocycles. The first-order valence-electron chi connectivity index (χ1n) is 7.42. The topological polar surface area (TPSA) is 99.4 Å². The smallest absolute Gasteiger partial charge is 0.373 e. The number of rotatable bonds is 6. The van der Waals surface area contributed by atoms with E-state index >= 15 is 0 Å². The Bertz CT molecular complexity index is 952. The summed E-state index contributed by atoms with van der Waals surface area (Å²) >= 11 is 6.09. The molecule has 0 saturated heterocycles. The number of ether oxygens (including phenoxy) is 2. The van der Waals surface area contributed by atoms with Gasteiger partial charge < -0.3 is 14.8 Å². The first kappa shape index (κ1) is 17.4. The summed E-state index contributed by atoms with van der Waals surface area (Å²) in [6.07, 6.45) is 1.16. The summed E-state index contributed by atoms with van der Waals surface area (Å²) in [5, 5.41) is 14.8. The maximum absolute atomic E-state index is 11.6. The molecule has 2 aromatic carbocycles. The average Bonchev–Trinajstić information content (AvgIpc) is 2.64. The molecule has 0 aliphatic carbocycles. The minimum atomic E-state index is -0.621. The second kappa shape index (κ2) is 7.66. The molecule has 0 spiro atoms. The van der Waals surface area contributed by atoms with Crippen LogP contribution in [0.2, 0.25) is 5.02 Å². The molecule has 0 aliphatic heterocycles. The van der Waals surface area contributed by atoms with Gasteiger partial charge in [0.2, 0.25) is 5.82 Å². The fourth-order valence-electron chi connectivity index (χ4n) is 2.19. The minimum absolute atomic E-state index is 0.0389. The number of nitrogens with one attached hydrogen (secondary N) is 1. The molecule has 132 valence electrons. The average molecular weight is 373 g/mol. The van der Waals surface area contributed by atoms with Crippen LogP contribution in [0.15, 0.2) is 54.9 Å². The lowest BCUT2D eigenvalue weighted by molar-refractivity contribution is -0.385. The van der Waals surface area contributed by atoms with Gasteiger partial charge in [-0.3, -0.25) is 10.1 Å². The number of halogens is 1. The van der Waals surface area contributed by atoms with Gasteiger partial charge in [-0.1, -0.05) is 35.9 Å². The van der Waals surface area contributed by atoms with E-state index in [1.807, 2.05) is 0 Å².